The molecule has 3 rings (SSSR count). The number of halogens is 1. The Morgan fingerprint density at radius 2 is 1.35 bits per heavy atom. The summed E-state index contributed by atoms with van der Waals surface area (Å²) in [6.07, 6.45) is 6.50. The van der Waals surface area contributed by atoms with E-state index in [0.717, 1.165) is 60.1 Å². The van der Waals surface area contributed by atoms with Crippen molar-refractivity contribution in [3.8, 4) is 22.6 Å². The van der Waals surface area contributed by atoms with Crippen molar-refractivity contribution in [1.29, 1.82) is 0 Å². The van der Waals surface area contributed by atoms with Gasteiger partial charge < -0.3 is 18.9 Å². The normalized spacial score (nSPS) is 11.2. The number of hydrogen-bond acceptors (Lipinski definition) is 8. The Labute approximate surface area is 291 Å². The van der Waals surface area contributed by atoms with Crippen molar-refractivity contribution in [1.82, 2.24) is 0 Å². The molecule has 48 heavy (non-hydrogen) atoms. The Kier molecular flexibility index (Phi) is 16.8. The highest BCUT2D eigenvalue weighted by molar-refractivity contribution is 7.91. The molecule has 0 atom stereocenters. The molecule has 0 unspecified atom stereocenters. The van der Waals surface area contributed by atoms with E-state index in [1.54, 1.807) is 19.9 Å². The van der Waals surface area contributed by atoms with Gasteiger partial charge in [0.15, 0.2) is 9.84 Å². The van der Waals surface area contributed by atoms with Crippen LogP contribution < -0.4 is 9.47 Å². The first-order valence-electron chi connectivity index (χ1n) is 17.0. The molecule has 0 saturated carbocycles. The molecule has 3 aromatic rings. The highest BCUT2D eigenvalue weighted by Crippen LogP contribution is 2.37. The molecule has 0 aliphatic rings. The molecule has 0 saturated heterocycles. The molecule has 0 radical (unpaired) electrons. The highest BCUT2D eigenvalue weighted by Gasteiger charge is 2.22. The second-order valence-corrected chi connectivity index (χ2v) is 13.9. The smallest absolute Gasteiger partial charge is 0.306 e. The van der Waals surface area contributed by atoms with Crippen molar-refractivity contribution in [2.75, 3.05) is 32.2 Å². The van der Waals surface area contributed by atoms with Gasteiger partial charge in [-0.05, 0) is 92.8 Å². The lowest BCUT2D eigenvalue weighted by Gasteiger charge is -2.16. The summed E-state index contributed by atoms with van der Waals surface area (Å²) in [5.41, 5.74) is 3.75. The van der Waals surface area contributed by atoms with Crippen molar-refractivity contribution in [2.24, 2.45) is 0 Å². The molecule has 0 amide bonds. The predicted molar refractivity (Wildman–Crippen MR) is 190 cm³/mol. The van der Waals surface area contributed by atoms with E-state index in [1.807, 2.05) is 55.5 Å². The Morgan fingerprint density at radius 1 is 0.688 bits per heavy atom. The standard InChI is InChI=1S/C38H49ClO8S/c1-4-26-48(42,43)35-28-31(29-16-11-9-12-17-29)27-34(38(35)39)47-24-13-8-7-10-18-30-19-14-20-33(32(30)22-23-37(41)45-6-3)46-25-15-21-36(40)44-5-2/h9,11-12,14,16-17,19-20,27-28H,4-8,10,13,15,18,21-26H2,1-3H3. The molecule has 0 aliphatic carbocycles. The molecule has 0 N–H and O–H groups in total. The van der Waals surface area contributed by atoms with Crippen molar-refractivity contribution in [2.45, 2.75) is 89.9 Å². The third kappa shape index (κ3) is 12.5. The maximum atomic E-state index is 13.0. The number of sulfone groups is 1. The van der Waals surface area contributed by atoms with Crippen LogP contribution in [0.25, 0.3) is 11.1 Å². The molecule has 0 spiro atoms. The summed E-state index contributed by atoms with van der Waals surface area (Å²) in [5, 5.41) is 0.126. The van der Waals surface area contributed by atoms with Crippen LogP contribution in [0.2, 0.25) is 5.02 Å². The number of ether oxygens (including phenoxy) is 4. The van der Waals surface area contributed by atoms with Gasteiger partial charge in [-0.15, -0.1) is 0 Å². The molecule has 0 aliphatic heterocycles. The van der Waals surface area contributed by atoms with Gasteiger partial charge in [-0.1, -0.05) is 73.8 Å². The summed E-state index contributed by atoms with van der Waals surface area (Å²) in [4.78, 5) is 23.9. The number of carbonyl (C=O) groups is 2. The van der Waals surface area contributed by atoms with Gasteiger partial charge in [-0.2, -0.15) is 0 Å². The number of hydrogen-bond donors (Lipinski definition) is 0. The van der Waals surface area contributed by atoms with Crippen LogP contribution in [-0.2, 0) is 41.7 Å². The highest BCUT2D eigenvalue weighted by atomic mass is 35.5. The van der Waals surface area contributed by atoms with Gasteiger partial charge in [-0.25, -0.2) is 8.42 Å². The summed E-state index contributed by atoms with van der Waals surface area (Å²) in [5.74, 6) is 0.628. The van der Waals surface area contributed by atoms with E-state index in [0.29, 0.717) is 57.9 Å². The zero-order chi connectivity index (χ0) is 34.8. The van der Waals surface area contributed by atoms with Crippen LogP contribution >= 0.6 is 11.6 Å². The molecular formula is C38H49ClO8S. The van der Waals surface area contributed by atoms with Crippen molar-refractivity contribution in [3.63, 3.8) is 0 Å². The van der Waals surface area contributed by atoms with E-state index >= 15 is 0 Å². The fourth-order valence-corrected chi connectivity index (χ4v) is 7.34. The SMILES string of the molecule is CCCS(=O)(=O)c1cc(-c2ccccc2)cc(OCCCCCCc2cccc(OCCCC(=O)OCC)c2CCC(=O)OCC)c1Cl. The Balaban J connectivity index is 1.59. The predicted octanol–water partition coefficient (Wildman–Crippen LogP) is 8.59. The minimum atomic E-state index is -3.56. The maximum absolute atomic E-state index is 13.0. The van der Waals surface area contributed by atoms with Crippen LogP contribution in [0.1, 0.15) is 83.3 Å². The average Bonchev–Trinajstić information content (AvgIpc) is 3.07. The van der Waals surface area contributed by atoms with Crippen LogP contribution in [0.4, 0.5) is 0 Å². The van der Waals surface area contributed by atoms with Crippen LogP contribution in [0.15, 0.2) is 65.6 Å². The molecule has 3 aromatic carbocycles. The fraction of sp³-hybridized carbons (Fsp3) is 0.474. The molecular weight excluding hydrogens is 652 g/mol. The lowest BCUT2D eigenvalue weighted by Crippen LogP contribution is -2.10. The Bertz CT molecular complexity index is 1560. The number of carbonyl (C=O) groups excluding carboxylic acids is 2. The number of aryl methyl sites for hydroxylation is 1. The first-order valence-corrected chi connectivity index (χ1v) is 19.0. The summed E-state index contributed by atoms with van der Waals surface area (Å²) in [7, 11) is -3.56. The minimum absolute atomic E-state index is 0.0134. The summed E-state index contributed by atoms with van der Waals surface area (Å²) in [6.45, 7) is 6.88. The third-order valence-electron chi connectivity index (χ3n) is 7.72. The number of benzene rings is 3. The number of esters is 2. The van der Waals surface area contributed by atoms with E-state index in [9.17, 15) is 18.0 Å². The fourth-order valence-electron chi connectivity index (χ4n) is 5.39. The zero-order valence-corrected chi connectivity index (χ0v) is 30.0. The number of rotatable bonds is 22. The molecule has 262 valence electrons. The topological polar surface area (TPSA) is 105 Å². The van der Waals surface area contributed by atoms with E-state index in [2.05, 4.69) is 6.07 Å². The molecule has 0 bridgehead atoms. The second-order valence-electron chi connectivity index (χ2n) is 11.4. The Morgan fingerprint density at radius 3 is 2.06 bits per heavy atom. The van der Waals surface area contributed by atoms with E-state index < -0.39 is 9.84 Å². The molecule has 8 nitrogen and oxygen atoms in total. The van der Waals surface area contributed by atoms with Gasteiger partial charge in [0, 0.05) is 12.8 Å². The van der Waals surface area contributed by atoms with Crippen molar-refractivity contribution >= 4 is 33.4 Å². The zero-order valence-electron chi connectivity index (χ0n) is 28.4. The molecule has 0 heterocycles. The second kappa shape index (κ2) is 20.7. The summed E-state index contributed by atoms with van der Waals surface area (Å²) >= 11 is 6.61. The van der Waals surface area contributed by atoms with Crippen molar-refractivity contribution < 1.29 is 37.0 Å². The summed E-state index contributed by atoms with van der Waals surface area (Å²) < 4.78 is 48.3. The summed E-state index contributed by atoms with van der Waals surface area (Å²) in [6, 6.07) is 19.0. The maximum Gasteiger partial charge on any atom is 0.306 e. The van der Waals surface area contributed by atoms with Crippen LogP contribution in [-0.4, -0.2) is 52.5 Å². The number of unbranched alkanes of at least 4 members (excludes halogenated alkanes) is 3. The molecule has 0 aromatic heterocycles. The molecule has 0 fully saturated rings. The quantitative estimate of drug-likeness (QED) is 0.0758. The third-order valence-corrected chi connectivity index (χ3v) is 10.2. The molecule has 10 heteroatoms. The van der Waals surface area contributed by atoms with E-state index in [1.165, 1.54) is 0 Å². The average molecular weight is 701 g/mol. The van der Waals surface area contributed by atoms with Crippen LogP contribution in [0.5, 0.6) is 11.5 Å². The lowest BCUT2D eigenvalue weighted by molar-refractivity contribution is -0.144. The van der Waals surface area contributed by atoms with Gasteiger partial charge in [0.25, 0.3) is 0 Å². The Hall–Kier alpha value is -3.56. The van der Waals surface area contributed by atoms with Gasteiger partial charge in [0.05, 0.1) is 37.1 Å². The van der Waals surface area contributed by atoms with Crippen LogP contribution in [0, 0.1) is 0 Å². The van der Waals surface area contributed by atoms with E-state index in [4.69, 9.17) is 30.5 Å². The first kappa shape index (κ1) is 38.9. The monoisotopic (exact) mass is 700 g/mol. The van der Waals surface area contributed by atoms with Gasteiger partial charge in [0.2, 0.25) is 0 Å². The lowest BCUT2D eigenvalue weighted by atomic mass is 9.96. The van der Waals surface area contributed by atoms with Gasteiger partial charge in [-0.3, -0.25) is 9.59 Å². The van der Waals surface area contributed by atoms with Crippen molar-refractivity contribution in [3.05, 3.63) is 76.8 Å². The van der Waals surface area contributed by atoms with Crippen LogP contribution in [0.3, 0.4) is 0 Å². The largest absolute Gasteiger partial charge is 0.493 e. The van der Waals surface area contributed by atoms with E-state index in [-0.39, 0.29) is 34.0 Å². The van der Waals surface area contributed by atoms with Gasteiger partial charge in [0.1, 0.15) is 16.5 Å². The minimum Gasteiger partial charge on any atom is -0.493 e. The van der Waals surface area contributed by atoms with Gasteiger partial charge >= 0.3 is 11.9 Å². The first-order chi connectivity index (χ1) is 23.2.